The van der Waals surface area contributed by atoms with E-state index in [9.17, 15) is 0 Å². The van der Waals surface area contributed by atoms with Crippen molar-refractivity contribution >= 4 is 0 Å². The number of ether oxygens (including phenoxy) is 2. The van der Waals surface area contributed by atoms with Crippen LogP contribution in [0.3, 0.4) is 0 Å². The third-order valence-corrected chi connectivity index (χ3v) is 6.54. The van der Waals surface area contributed by atoms with Gasteiger partial charge in [-0.05, 0) is 75.4 Å². The van der Waals surface area contributed by atoms with Gasteiger partial charge in [0.2, 0.25) is 0 Å². The first kappa shape index (κ1) is 22.9. The van der Waals surface area contributed by atoms with Crippen LogP contribution in [0, 0.1) is 13.8 Å². The average Bonchev–Trinajstić information content (AvgIpc) is 2.80. The topological polar surface area (TPSA) is 18.5 Å². The van der Waals surface area contributed by atoms with Crippen LogP contribution in [0.2, 0.25) is 0 Å². The zero-order valence-corrected chi connectivity index (χ0v) is 19.9. The lowest BCUT2D eigenvalue weighted by molar-refractivity contribution is 0.0568. The zero-order chi connectivity index (χ0) is 22.5. The number of hydrogen-bond acceptors (Lipinski definition) is 2. The molecule has 0 aromatic heterocycles. The molecule has 3 rings (SSSR count). The van der Waals surface area contributed by atoms with E-state index in [-0.39, 0.29) is 5.60 Å². The van der Waals surface area contributed by atoms with Crippen LogP contribution in [-0.2, 0) is 11.2 Å². The third-order valence-electron chi connectivity index (χ3n) is 6.54. The Balaban J connectivity index is 1.83. The highest BCUT2D eigenvalue weighted by molar-refractivity contribution is 5.35. The predicted octanol–water partition coefficient (Wildman–Crippen LogP) is 8.10. The fraction of sp³-hybridized carbons (Fsp3) is 0.379. The minimum absolute atomic E-state index is 0.318. The van der Waals surface area contributed by atoms with E-state index in [2.05, 4.69) is 102 Å². The van der Waals surface area contributed by atoms with Crippen molar-refractivity contribution in [1.29, 1.82) is 0 Å². The summed E-state index contributed by atoms with van der Waals surface area (Å²) in [6.45, 7) is 12.9. The summed E-state index contributed by atoms with van der Waals surface area (Å²) in [6, 6.07) is 25.4. The Morgan fingerprint density at radius 3 is 1.45 bits per heavy atom. The van der Waals surface area contributed by atoms with E-state index in [1.165, 1.54) is 16.7 Å². The maximum absolute atomic E-state index is 6.62. The third kappa shape index (κ3) is 5.12. The first-order chi connectivity index (χ1) is 14.8. The summed E-state index contributed by atoms with van der Waals surface area (Å²) < 4.78 is 13.0. The highest BCUT2D eigenvalue weighted by Crippen LogP contribution is 2.37. The second-order valence-electron chi connectivity index (χ2n) is 8.69. The number of benzene rings is 3. The molecule has 0 aliphatic heterocycles. The van der Waals surface area contributed by atoms with Gasteiger partial charge in [-0.15, -0.1) is 0 Å². The van der Waals surface area contributed by atoms with Gasteiger partial charge >= 0.3 is 0 Å². The molecular weight excluding hydrogens is 380 g/mol. The summed E-state index contributed by atoms with van der Waals surface area (Å²) in [4.78, 5) is 0. The standard InChI is InChI=1S/C29H36O2/c1-7-28(6,30-26-18-12-23(5)13-19-26)24-16-20-27(21-17-24)31-29(8-2,9-3)25-14-10-22(4)11-15-25/h10-21H,7-9H2,1-6H3. The van der Waals surface area contributed by atoms with Crippen LogP contribution in [0.1, 0.15) is 69.2 Å². The monoisotopic (exact) mass is 416 g/mol. The molecule has 1 unspecified atom stereocenters. The largest absolute Gasteiger partial charge is 0.483 e. The van der Waals surface area contributed by atoms with Crippen molar-refractivity contribution in [3.05, 3.63) is 95.1 Å². The molecule has 0 aliphatic rings. The molecule has 0 aliphatic carbocycles. The Hall–Kier alpha value is -2.74. The molecular formula is C29H36O2. The second-order valence-corrected chi connectivity index (χ2v) is 8.69. The number of rotatable bonds is 9. The summed E-state index contributed by atoms with van der Waals surface area (Å²) in [5.74, 6) is 1.78. The van der Waals surface area contributed by atoms with E-state index >= 15 is 0 Å². The summed E-state index contributed by atoms with van der Waals surface area (Å²) in [6.07, 6.45) is 2.70. The van der Waals surface area contributed by atoms with Crippen molar-refractivity contribution in [2.24, 2.45) is 0 Å². The van der Waals surface area contributed by atoms with Gasteiger partial charge in [-0.1, -0.05) is 80.4 Å². The molecule has 31 heavy (non-hydrogen) atoms. The van der Waals surface area contributed by atoms with E-state index in [1.54, 1.807) is 0 Å². The second kappa shape index (κ2) is 9.60. The predicted molar refractivity (Wildman–Crippen MR) is 130 cm³/mol. The van der Waals surface area contributed by atoms with E-state index in [0.29, 0.717) is 0 Å². The van der Waals surface area contributed by atoms with Crippen molar-refractivity contribution in [1.82, 2.24) is 0 Å². The van der Waals surface area contributed by atoms with Gasteiger partial charge in [0.15, 0.2) is 0 Å². The van der Waals surface area contributed by atoms with Gasteiger partial charge in [0.1, 0.15) is 22.7 Å². The molecule has 2 nitrogen and oxygen atoms in total. The van der Waals surface area contributed by atoms with E-state index in [4.69, 9.17) is 9.47 Å². The quantitative estimate of drug-likeness (QED) is 0.351. The zero-order valence-electron chi connectivity index (χ0n) is 19.9. The summed E-state index contributed by atoms with van der Waals surface area (Å²) >= 11 is 0. The smallest absolute Gasteiger partial charge is 0.133 e. The molecule has 0 N–H and O–H groups in total. The summed E-state index contributed by atoms with van der Waals surface area (Å²) in [5, 5.41) is 0. The van der Waals surface area contributed by atoms with E-state index in [0.717, 1.165) is 36.3 Å². The fourth-order valence-corrected chi connectivity index (χ4v) is 4.02. The lowest BCUT2D eigenvalue weighted by Crippen LogP contribution is -2.32. The van der Waals surface area contributed by atoms with Crippen molar-refractivity contribution < 1.29 is 9.47 Å². The average molecular weight is 417 g/mol. The highest BCUT2D eigenvalue weighted by atomic mass is 16.5. The minimum atomic E-state index is -0.392. The molecule has 3 aromatic carbocycles. The number of aryl methyl sites for hydroxylation is 2. The van der Waals surface area contributed by atoms with Gasteiger partial charge in [0, 0.05) is 0 Å². The molecule has 0 saturated heterocycles. The lowest BCUT2D eigenvalue weighted by Gasteiger charge is -2.34. The Morgan fingerprint density at radius 1 is 0.548 bits per heavy atom. The molecule has 164 valence electrons. The van der Waals surface area contributed by atoms with Gasteiger partial charge in [-0.25, -0.2) is 0 Å². The summed E-state index contributed by atoms with van der Waals surface area (Å²) in [5.41, 5.74) is 4.17. The molecule has 1 atom stereocenters. The van der Waals surface area contributed by atoms with Crippen LogP contribution in [0.25, 0.3) is 0 Å². The molecule has 0 bridgehead atoms. The molecule has 0 fully saturated rings. The highest BCUT2D eigenvalue weighted by Gasteiger charge is 2.31. The minimum Gasteiger partial charge on any atom is -0.483 e. The fourth-order valence-electron chi connectivity index (χ4n) is 4.02. The maximum atomic E-state index is 6.62. The Bertz CT molecular complexity index is 951. The maximum Gasteiger partial charge on any atom is 0.133 e. The summed E-state index contributed by atoms with van der Waals surface area (Å²) in [7, 11) is 0. The lowest BCUT2D eigenvalue weighted by atomic mass is 9.87. The molecule has 0 amide bonds. The Labute approximate surface area is 188 Å². The first-order valence-corrected chi connectivity index (χ1v) is 11.5. The van der Waals surface area contributed by atoms with Gasteiger partial charge in [0.05, 0.1) is 0 Å². The molecule has 0 heterocycles. The molecule has 2 heteroatoms. The van der Waals surface area contributed by atoms with E-state index in [1.807, 2.05) is 12.1 Å². The number of hydrogen-bond donors (Lipinski definition) is 0. The van der Waals surface area contributed by atoms with Crippen LogP contribution in [0.15, 0.2) is 72.8 Å². The van der Waals surface area contributed by atoms with Crippen LogP contribution in [0.5, 0.6) is 11.5 Å². The first-order valence-electron chi connectivity index (χ1n) is 11.5. The van der Waals surface area contributed by atoms with Crippen LogP contribution in [-0.4, -0.2) is 0 Å². The Kier molecular flexibility index (Phi) is 7.10. The van der Waals surface area contributed by atoms with Crippen LogP contribution >= 0.6 is 0 Å². The normalized spacial score (nSPS) is 13.5. The van der Waals surface area contributed by atoms with Crippen molar-refractivity contribution in [3.63, 3.8) is 0 Å². The van der Waals surface area contributed by atoms with Gasteiger partial charge in [0.25, 0.3) is 0 Å². The SMILES string of the molecule is CCC(C)(Oc1ccc(C)cc1)c1ccc(OC(CC)(CC)c2ccc(C)cc2)cc1. The molecule has 0 radical (unpaired) electrons. The molecule has 3 aromatic rings. The Morgan fingerprint density at radius 2 is 0.968 bits per heavy atom. The van der Waals surface area contributed by atoms with Gasteiger partial charge in [-0.2, -0.15) is 0 Å². The van der Waals surface area contributed by atoms with Crippen molar-refractivity contribution in [2.45, 2.75) is 72.0 Å². The molecule has 0 saturated carbocycles. The van der Waals surface area contributed by atoms with Gasteiger partial charge < -0.3 is 9.47 Å². The molecule has 0 spiro atoms. The van der Waals surface area contributed by atoms with E-state index < -0.39 is 5.60 Å². The van der Waals surface area contributed by atoms with Crippen LogP contribution < -0.4 is 9.47 Å². The van der Waals surface area contributed by atoms with Gasteiger partial charge in [-0.3, -0.25) is 0 Å². The van der Waals surface area contributed by atoms with Crippen molar-refractivity contribution in [2.75, 3.05) is 0 Å². The van der Waals surface area contributed by atoms with Crippen molar-refractivity contribution in [3.8, 4) is 11.5 Å². The van der Waals surface area contributed by atoms with Crippen LogP contribution in [0.4, 0.5) is 0 Å².